The highest BCUT2D eigenvalue weighted by Gasteiger charge is 2.35. The molecular formula is C13H16BrN3O. The zero-order chi connectivity index (χ0) is 12.5. The lowest BCUT2D eigenvalue weighted by Crippen LogP contribution is -2.40. The van der Waals surface area contributed by atoms with Crippen molar-refractivity contribution in [1.82, 2.24) is 10.2 Å². The van der Waals surface area contributed by atoms with E-state index in [1.54, 1.807) is 0 Å². The van der Waals surface area contributed by atoms with Gasteiger partial charge in [-0.25, -0.2) is 4.79 Å². The van der Waals surface area contributed by atoms with Crippen molar-refractivity contribution in [1.29, 1.82) is 0 Å². The molecule has 18 heavy (non-hydrogen) atoms. The highest BCUT2D eigenvalue weighted by molar-refractivity contribution is 9.10. The number of urea groups is 1. The number of benzene rings is 1. The molecule has 2 saturated heterocycles. The number of hydrogen-bond acceptors (Lipinski definition) is 2. The van der Waals surface area contributed by atoms with E-state index in [-0.39, 0.29) is 6.03 Å². The van der Waals surface area contributed by atoms with Crippen LogP contribution in [0, 0.1) is 0 Å². The third-order valence-electron chi connectivity index (χ3n) is 3.64. The van der Waals surface area contributed by atoms with Gasteiger partial charge in [-0.15, -0.1) is 0 Å². The van der Waals surface area contributed by atoms with Gasteiger partial charge < -0.3 is 10.2 Å². The van der Waals surface area contributed by atoms with Gasteiger partial charge in [0.2, 0.25) is 0 Å². The van der Waals surface area contributed by atoms with Crippen LogP contribution in [-0.4, -0.2) is 43.2 Å². The minimum atomic E-state index is 0.141. The Hall–Kier alpha value is -1.07. The molecule has 96 valence electrons. The fraction of sp³-hybridized carbons (Fsp3) is 0.462. The summed E-state index contributed by atoms with van der Waals surface area (Å²) in [6.07, 6.45) is 1.07. The van der Waals surface area contributed by atoms with Gasteiger partial charge in [-0.2, -0.15) is 0 Å². The van der Waals surface area contributed by atoms with Crippen LogP contribution in [0.3, 0.4) is 0 Å². The first-order valence-corrected chi connectivity index (χ1v) is 7.09. The molecule has 0 aliphatic carbocycles. The van der Waals surface area contributed by atoms with Crippen LogP contribution in [0.5, 0.6) is 0 Å². The topological polar surface area (TPSA) is 35.6 Å². The van der Waals surface area contributed by atoms with Gasteiger partial charge in [0.1, 0.15) is 0 Å². The molecule has 2 aliphatic rings. The van der Waals surface area contributed by atoms with Crippen LogP contribution >= 0.6 is 15.9 Å². The molecule has 1 atom stereocenters. The predicted octanol–water partition coefficient (Wildman–Crippen LogP) is 2.05. The van der Waals surface area contributed by atoms with E-state index in [0.29, 0.717) is 6.04 Å². The quantitative estimate of drug-likeness (QED) is 0.907. The molecule has 4 nitrogen and oxygen atoms in total. The van der Waals surface area contributed by atoms with Crippen molar-refractivity contribution in [2.75, 3.05) is 31.1 Å². The largest absolute Gasteiger partial charge is 0.324 e. The highest BCUT2D eigenvalue weighted by Crippen LogP contribution is 2.25. The molecule has 0 radical (unpaired) electrons. The molecule has 2 fully saturated rings. The average molecular weight is 310 g/mol. The first-order valence-electron chi connectivity index (χ1n) is 6.30. The molecule has 3 rings (SSSR count). The molecule has 2 amide bonds. The van der Waals surface area contributed by atoms with E-state index >= 15 is 0 Å². The number of anilines is 1. The van der Waals surface area contributed by atoms with Gasteiger partial charge in [0.25, 0.3) is 0 Å². The third kappa shape index (κ3) is 2.12. The monoisotopic (exact) mass is 309 g/mol. The minimum absolute atomic E-state index is 0.141. The van der Waals surface area contributed by atoms with Gasteiger partial charge in [-0.05, 0) is 31.2 Å². The molecule has 1 aromatic rings. The second-order valence-corrected chi connectivity index (χ2v) is 5.67. The van der Waals surface area contributed by atoms with Crippen molar-refractivity contribution in [2.24, 2.45) is 0 Å². The summed E-state index contributed by atoms with van der Waals surface area (Å²) in [6.45, 7) is 3.56. The van der Waals surface area contributed by atoms with Gasteiger partial charge in [0.05, 0.1) is 0 Å². The van der Waals surface area contributed by atoms with Gasteiger partial charge >= 0.3 is 6.03 Å². The summed E-state index contributed by atoms with van der Waals surface area (Å²) in [5.41, 5.74) is 0.975. The predicted molar refractivity (Wildman–Crippen MR) is 74.9 cm³/mol. The van der Waals surface area contributed by atoms with E-state index in [1.165, 1.54) is 0 Å². The second kappa shape index (κ2) is 4.90. The first-order chi connectivity index (χ1) is 8.75. The summed E-state index contributed by atoms with van der Waals surface area (Å²) in [7, 11) is 0. The van der Waals surface area contributed by atoms with Crippen molar-refractivity contribution < 1.29 is 4.79 Å². The Morgan fingerprint density at radius 3 is 2.94 bits per heavy atom. The Labute approximate surface area is 115 Å². The summed E-state index contributed by atoms with van der Waals surface area (Å²) in [5.74, 6) is 0. The summed E-state index contributed by atoms with van der Waals surface area (Å²) in [5, 5.41) is 3.31. The second-order valence-electron chi connectivity index (χ2n) is 4.75. The van der Waals surface area contributed by atoms with Crippen LogP contribution in [0.4, 0.5) is 10.5 Å². The van der Waals surface area contributed by atoms with Crippen LogP contribution in [0.15, 0.2) is 28.7 Å². The summed E-state index contributed by atoms with van der Waals surface area (Å²) in [6, 6.07) is 8.43. The summed E-state index contributed by atoms with van der Waals surface area (Å²) < 4.78 is 1.01. The number of carbonyl (C=O) groups is 1. The molecule has 2 heterocycles. The zero-order valence-electron chi connectivity index (χ0n) is 10.1. The highest BCUT2D eigenvalue weighted by atomic mass is 79.9. The maximum atomic E-state index is 12.4. The fourth-order valence-electron chi connectivity index (χ4n) is 2.68. The molecule has 1 N–H and O–H groups in total. The molecule has 5 heteroatoms. The molecule has 0 saturated carbocycles. The molecule has 1 aromatic carbocycles. The molecule has 0 bridgehead atoms. The van der Waals surface area contributed by atoms with Crippen LogP contribution in [-0.2, 0) is 0 Å². The van der Waals surface area contributed by atoms with Crippen molar-refractivity contribution in [2.45, 2.75) is 12.5 Å². The standard InChI is InChI=1S/C13H16BrN3O/c14-10-2-1-3-11(8-10)16-6-7-17(13(16)18)12-4-5-15-9-12/h1-3,8,12,15H,4-7,9H2. The van der Waals surface area contributed by atoms with Gasteiger partial charge in [-0.1, -0.05) is 22.0 Å². The van der Waals surface area contributed by atoms with Crippen molar-refractivity contribution >= 4 is 27.6 Å². The molecule has 2 aliphatic heterocycles. The van der Waals surface area contributed by atoms with E-state index in [1.807, 2.05) is 34.1 Å². The van der Waals surface area contributed by atoms with Crippen molar-refractivity contribution in [3.63, 3.8) is 0 Å². The minimum Gasteiger partial charge on any atom is -0.318 e. The summed E-state index contributed by atoms with van der Waals surface area (Å²) in [4.78, 5) is 16.3. The Kier molecular flexibility index (Phi) is 3.26. The normalized spacial score (nSPS) is 24.1. The number of halogens is 1. The molecule has 0 spiro atoms. The Balaban J connectivity index is 1.77. The van der Waals surface area contributed by atoms with Crippen molar-refractivity contribution in [3.05, 3.63) is 28.7 Å². The average Bonchev–Trinajstić information content (AvgIpc) is 2.97. The summed E-state index contributed by atoms with van der Waals surface area (Å²) >= 11 is 3.45. The lowest BCUT2D eigenvalue weighted by molar-refractivity contribution is 0.205. The molecule has 1 unspecified atom stereocenters. The van der Waals surface area contributed by atoms with Crippen LogP contribution in [0.1, 0.15) is 6.42 Å². The Morgan fingerprint density at radius 1 is 1.33 bits per heavy atom. The van der Waals surface area contributed by atoms with Gasteiger partial charge in [0, 0.05) is 35.8 Å². The maximum Gasteiger partial charge on any atom is 0.324 e. The SMILES string of the molecule is O=C1N(c2cccc(Br)c2)CCN1C1CCNC1. The molecular weight excluding hydrogens is 294 g/mol. The fourth-order valence-corrected chi connectivity index (χ4v) is 3.07. The third-order valence-corrected chi connectivity index (χ3v) is 4.13. The lowest BCUT2D eigenvalue weighted by Gasteiger charge is -2.23. The van der Waals surface area contributed by atoms with Crippen LogP contribution in [0.25, 0.3) is 0 Å². The maximum absolute atomic E-state index is 12.4. The lowest BCUT2D eigenvalue weighted by atomic mass is 10.2. The number of carbonyl (C=O) groups excluding carboxylic acids is 1. The zero-order valence-corrected chi connectivity index (χ0v) is 11.7. The van der Waals surface area contributed by atoms with E-state index in [4.69, 9.17) is 0 Å². The van der Waals surface area contributed by atoms with Gasteiger partial charge in [0.15, 0.2) is 0 Å². The van der Waals surface area contributed by atoms with Crippen LogP contribution in [0.2, 0.25) is 0 Å². The first kappa shape index (κ1) is 12.0. The van der Waals surface area contributed by atoms with Crippen LogP contribution < -0.4 is 10.2 Å². The number of rotatable bonds is 2. The van der Waals surface area contributed by atoms with E-state index in [2.05, 4.69) is 21.2 Å². The number of nitrogens with one attached hydrogen (secondary N) is 1. The Morgan fingerprint density at radius 2 is 2.22 bits per heavy atom. The molecule has 0 aromatic heterocycles. The number of hydrogen-bond donors (Lipinski definition) is 1. The Bertz CT molecular complexity index is 459. The smallest absolute Gasteiger partial charge is 0.318 e. The van der Waals surface area contributed by atoms with E-state index in [0.717, 1.165) is 42.8 Å². The van der Waals surface area contributed by atoms with Crippen molar-refractivity contribution in [3.8, 4) is 0 Å². The number of amides is 2. The van der Waals surface area contributed by atoms with Gasteiger partial charge in [-0.3, -0.25) is 4.90 Å². The number of nitrogens with zero attached hydrogens (tertiary/aromatic N) is 2. The van der Waals surface area contributed by atoms with E-state index in [9.17, 15) is 4.79 Å². The van der Waals surface area contributed by atoms with E-state index < -0.39 is 0 Å².